The van der Waals surface area contributed by atoms with E-state index >= 15 is 0 Å². The van der Waals surface area contributed by atoms with Crippen LogP contribution in [-0.4, -0.2) is 38.0 Å². The predicted octanol–water partition coefficient (Wildman–Crippen LogP) is 2.21. The second-order valence-corrected chi connectivity index (χ2v) is 5.51. The maximum Gasteiger partial charge on any atom is 0.188 e. The van der Waals surface area contributed by atoms with Crippen LogP contribution in [0.15, 0.2) is 48.5 Å². The molecule has 0 aromatic heterocycles. The lowest BCUT2D eigenvalue weighted by atomic mass is 9.85. The lowest BCUT2D eigenvalue weighted by Crippen LogP contribution is -2.32. The number of aliphatic hydroxyl groups excluding tert-OH is 1. The Labute approximate surface area is 152 Å². The molecule has 6 nitrogen and oxygen atoms in total. The van der Waals surface area contributed by atoms with E-state index in [-0.39, 0.29) is 13.6 Å². The fraction of sp³-hybridized carbons (Fsp3) is 0.300. The van der Waals surface area contributed by atoms with Gasteiger partial charge in [-0.05, 0) is 35.4 Å². The van der Waals surface area contributed by atoms with Crippen LogP contribution in [0.5, 0.6) is 11.5 Å². The summed E-state index contributed by atoms with van der Waals surface area (Å²) in [6.07, 6.45) is 4.21. The molecular formula is C20H22O6. The maximum atomic E-state index is 10.9. The second kappa shape index (κ2) is 9.22. The average Bonchev–Trinajstić information content (AvgIpc) is 2.70. The molecule has 0 saturated carbocycles. The minimum Gasteiger partial charge on any atom is -0.468 e. The fourth-order valence-electron chi connectivity index (χ4n) is 2.37. The number of rotatable bonds is 9. The predicted molar refractivity (Wildman–Crippen MR) is 95.6 cm³/mol. The Hall–Kier alpha value is -2.56. The molecule has 0 fully saturated rings. The number of hydrogen-bond acceptors (Lipinski definition) is 6. The molecule has 2 N–H and O–H groups in total. The van der Waals surface area contributed by atoms with Crippen molar-refractivity contribution in [2.75, 3.05) is 27.8 Å². The van der Waals surface area contributed by atoms with Gasteiger partial charge in [-0.1, -0.05) is 30.2 Å². The molecule has 0 spiro atoms. The maximum absolute atomic E-state index is 10.9. The monoisotopic (exact) mass is 358 g/mol. The zero-order valence-electron chi connectivity index (χ0n) is 14.7. The first-order valence-corrected chi connectivity index (χ1v) is 7.87. The minimum absolute atomic E-state index is 0.110. The molecule has 0 amide bonds. The van der Waals surface area contributed by atoms with E-state index in [1.165, 1.54) is 14.2 Å². The number of aliphatic hydroxyl groups is 2. The number of ether oxygens (including phenoxy) is 4. The molecule has 6 heteroatoms. The van der Waals surface area contributed by atoms with Crippen molar-refractivity contribution in [3.8, 4) is 23.8 Å². The number of hydrogen-bond donors (Lipinski definition) is 2. The highest BCUT2D eigenvalue weighted by Gasteiger charge is 2.36. The van der Waals surface area contributed by atoms with E-state index in [1.807, 2.05) is 0 Å². The van der Waals surface area contributed by atoms with Crippen LogP contribution in [0, 0.1) is 12.3 Å². The van der Waals surface area contributed by atoms with Crippen LogP contribution in [-0.2, 0) is 15.1 Å². The zero-order chi connectivity index (χ0) is 19.0. The molecule has 138 valence electrons. The van der Waals surface area contributed by atoms with Gasteiger partial charge in [0.15, 0.2) is 19.2 Å². The van der Waals surface area contributed by atoms with Gasteiger partial charge < -0.3 is 29.2 Å². The van der Waals surface area contributed by atoms with Crippen molar-refractivity contribution >= 4 is 0 Å². The Bertz CT molecular complexity index is 719. The third-order valence-corrected chi connectivity index (χ3v) is 3.79. The molecule has 0 radical (unpaired) electrons. The van der Waals surface area contributed by atoms with E-state index in [9.17, 15) is 10.2 Å². The lowest BCUT2D eigenvalue weighted by Gasteiger charge is -2.29. The normalized spacial score (nSPS) is 14.1. The van der Waals surface area contributed by atoms with Crippen LogP contribution in [0.3, 0.4) is 0 Å². The number of methoxy groups -OCH3 is 2. The highest BCUT2D eigenvalue weighted by atomic mass is 16.7. The van der Waals surface area contributed by atoms with Gasteiger partial charge in [-0.3, -0.25) is 0 Å². The van der Waals surface area contributed by atoms with Crippen molar-refractivity contribution < 1.29 is 29.2 Å². The van der Waals surface area contributed by atoms with Crippen LogP contribution in [0.4, 0.5) is 0 Å². The molecule has 26 heavy (non-hydrogen) atoms. The standard InChI is InChI=1S/C20H22O6/c1-4-20(22,16-7-11-18(12-8-16)26-14-24-3)19(21)15-5-9-17(10-6-15)25-13-23-2/h1,5-12,19,21-22H,13-14H2,2-3H3/t19-,20+/m1/s1. The van der Waals surface area contributed by atoms with Gasteiger partial charge in [0.1, 0.15) is 17.6 Å². The first kappa shape index (κ1) is 19.8. The van der Waals surface area contributed by atoms with Crippen molar-refractivity contribution in [3.05, 3.63) is 59.7 Å². The minimum atomic E-state index is -1.89. The Morgan fingerprint density at radius 2 is 1.38 bits per heavy atom. The molecule has 0 aliphatic rings. The molecular weight excluding hydrogens is 336 g/mol. The van der Waals surface area contributed by atoms with Crippen LogP contribution in [0.2, 0.25) is 0 Å². The summed E-state index contributed by atoms with van der Waals surface area (Å²) in [5, 5.41) is 21.5. The Morgan fingerprint density at radius 1 is 0.923 bits per heavy atom. The molecule has 2 rings (SSSR count). The van der Waals surface area contributed by atoms with E-state index < -0.39 is 11.7 Å². The molecule has 0 saturated heterocycles. The van der Waals surface area contributed by atoms with Crippen molar-refractivity contribution in [1.29, 1.82) is 0 Å². The first-order valence-electron chi connectivity index (χ1n) is 7.87. The molecule has 2 aromatic carbocycles. The summed E-state index contributed by atoms with van der Waals surface area (Å²) >= 11 is 0. The Kier molecular flexibility index (Phi) is 7.01. The van der Waals surface area contributed by atoms with Crippen molar-refractivity contribution in [1.82, 2.24) is 0 Å². The van der Waals surface area contributed by atoms with Gasteiger partial charge in [-0.15, -0.1) is 6.42 Å². The van der Waals surface area contributed by atoms with Crippen LogP contribution < -0.4 is 9.47 Å². The number of terminal acetylenes is 1. The van der Waals surface area contributed by atoms with Crippen molar-refractivity contribution in [3.63, 3.8) is 0 Å². The average molecular weight is 358 g/mol. The molecule has 0 heterocycles. The third-order valence-electron chi connectivity index (χ3n) is 3.79. The largest absolute Gasteiger partial charge is 0.468 e. The SMILES string of the molecule is C#C[C@](O)(c1ccc(OCOC)cc1)[C@H](O)c1ccc(OCOC)cc1. The molecule has 0 bridgehead atoms. The number of benzene rings is 2. The second-order valence-electron chi connectivity index (χ2n) is 5.51. The van der Waals surface area contributed by atoms with Gasteiger partial charge in [-0.25, -0.2) is 0 Å². The van der Waals surface area contributed by atoms with Crippen LogP contribution in [0.1, 0.15) is 17.2 Å². The zero-order valence-corrected chi connectivity index (χ0v) is 14.7. The van der Waals surface area contributed by atoms with E-state index in [4.69, 9.17) is 25.4 Å². The third kappa shape index (κ3) is 4.54. The Morgan fingerprint density at radius 3 is 1.81 bits per heavy atom. The quantitative estimate of drug-likeness (QED) is 0.529. The van der Waals surface area contributed by atoms with Crippen LogP contribution in [0.25, 0.3) is 0 Å². The van der Waals surface area contributed by atoms with Gasteiger partial charge in [-0.2, -0.15) is 0 Å². The van der Waals surface area contributed by atoms with Gasteiger partial charge in [0.05, 0.1) is 0 Å². The highest BCUT2D eigenvalue weighted by Crippen LogP contribution is 2.36. The van der Waals surface area contributed by atoms with Gasteiger partial charge >= 0.3 is 0 Å². The summed E-state index contributed by atoms with van der Waals surface area (Å²) in [7, 11) is 3.05. The summed E-state index contributed by atoms with van der Waals surface area (Å²) in [5.41, 5.74) is -1.07. The van der Waals surface area contributed by atoms with E-state index in [0.717, 1.165) is 0 Å². The van der Waals surface area contributed by atoms with Crippen molar-refractivity contribution in [2.24, 2.45) is 0 Å². The van der Waals surface area contributed by atoms with E-state index in [0.29, 0.717) is 22.6 Å². The van der Waals surface area contributed by atoms with Gasteiger partial charge in [0.25, 0.3) is 0 Å². The van der Waals surface area contributed by atoms with Gasteiger partial charge in [0, 0.05) is 14.2 Å². The summed E-state index contributed by atoms with van der Waals surface area (Å²) in [6.45, 7) is 0.229. The summed E-state index contributed by atoms with van der Waals surface area (Å²) in [6, 6.07) is 13.1. The molecule has 0 unspecified atom stereocenters. The lowest BCUT2D eigenvalue weighted by molar-refractivity contribution is -0.0383. The van der Waals surface area contributed by atoms with E-state index in [1.54, 1.807) is 48.5 Å². The van der Waals surface area contributed by atoms with E-state index in [2.05, 4.69) is 5.92 Å². The Balaban J connectivity index is 2.20. The first-order chi connectivity index (χ1) is 12.5. The summed E-state index contributed by atoms with van der Waals surface area (Å²) in [5.74, 6) is 3.43. The summed E-state index contributed by atoms with van der Waals surface area (Å²) < 4.78 is 20.3. The molecule has 2 aromatic rings. The molecule has 0 aliphatic heterocycles. The molecule has 0 aliphatic carbocycles. The van der Waals surface area contributed by atoms with Crippen LogP contribution >= 0.6 is 0 Å². The highest BCUT2D eigenvalue weighted by molar-refractivity contribution is 5.40. The smallest absolute Gasteiger partial charge is 0.188 e. The van der Waals surface area contributed by atoms with Gasteiger partial charge in [0.2, 0.25) is 0 Å². The fourth-order valence-corrected chi connectivity index (χ4v) is 2.37. The molecule has 2 atom stereocenters. The summed E-state index contributed by atoms with van der Waals surface area (Å²) in [4.78, 5) is 0. The van der Waals surface area contributed by atoms with Crippen molar-refractivity contribution in [2.45, 2.75) is 11.7 Å². The topological polar surface area (TPSA) is 77.4 Å².